The molecular weight excluding hydrogens is 792 g/mol. The van der Waals surface area contributed by atoms with E-state index in [-0.39, 0.29) is 19.1 Å². The summed E-state index contributed by atoms with van der Waals surface area (Å²) in [5, 5.41) is 13.7. The third-order valence-corrected chi connectivity index (χ3v) is 13.1. The molecule has 0 heterocycles. The van der Waals surface area contributed by atoms with Crippen LogP contribution in [0, 0.1) is 0 Å². The van der Waals surface area contributed by atoms with Gasteiger partial charge in [-0.05, 0) is 25.7 Å². The predicted molar refractivity (Wildman–Crippen MR) is 265 cm³/mol. The number of aliphatic hydroxyl groups is 1. The first-order valence-corrected chi connectivity index (χ1v) is 28.2. The van der Waals surface area contributed by atoms with E-state index in [0.717, 1.165) is 38.5 Å². The zero-order chi connectivity index (χ0) is 45.7. The van der Waals surface area contributed by atoms with Gasteiger partial charge in [0.05, 0.1) is 39.9 Å². The van der Waals surface area contributed by atoms with Gasteiger partial charge in [0.2, 0.25) is 5.91 Å². The Morgan fingerprint density at radius 1 is 0.548 bits per heavy atom. The number of carbonyl (C=O) groups excluding carboxylic acids is 1. The molecule has 0 aliphatic rings. The third kappa shape index (κ3) is 47.0. The van der Waals surface area contributed by atoms with Gasteiger partial charge in [-0.1, -0.05) is 250 Å². The van der Waals surface area contributed by atoms with Gasteiger partial charge in [-0.25, -0.2) is 0 Å². The molecular formula is C53H105N2O6P. The van der Waals surface area contributed by atoms with Crippen LogP contribution >= 0.6 is 7.82 Å². The van der Waals surface area contributed by atoms with Crippen molar-refractivity contribution < 1.29 is 32.9 Å². The molecule has 2 N–H and O–H groups in total. The molecule has 0 saturated heterocycles. The van der Waals surface area contributed by atoms with Crippen LogP contribution in [-0.4, -0.2) is 68.5 Å². The smallest absolute Gasteiger partial charge is 0.268 e. The van der Waals surface area contributed by atoms with Crippen LogP contribution in [0.3, 0.4) is 0 Å². The molecule has 3 atom stereocenters. The Morgan fingerprint density at radius 3 is 1.29 bits per heavy atom. The number of allylic oxidation sites excluding steroid dienone is 3. The van der Waals surface area contributed by atoms with E-state index in [9.17, 15) is 19.4 Å². The van der Waals surface area contributed by atoms with Gasteiger partial charge in [0.25, 0.3) is 7.82 Å². The topological polar surface area (TPSA) is 108 Å². The average molecular weight is 897 g/mol. The number of nitrogens with one attached hydrogen (secondary N) is 1. The highest BCUT2D eigenvalue weighted by Crippen LogP contribution is 2.38. The normalized spacial score (nSPS) is 14.2. The van der Waals surface area contributed by atoms with E-state index in [1.54, 1.807) is 6.08 Å². The number of carbonyl (C=O) groups is 1. The maximum atomic E-state index is 12.8. The number of quaternary nitrogens is 1. The highest BCUT2D eigenvalue weighted by molar-refractivity contribution is 7.45. The Hall–Kier alpha value is -1.02. The highest BCUT2D eigenvalue weighted by Gasteiger charge is 2.23. The predicted octanol–water partition coefficient (Wildman–Crippen LogP) is 15.0. The Morgan fingerprint density at radius 2 is 0.903 bits per heavy atom. The summed E-state index contributed by atoms with van der Waals surface area (Å²) < 4.78 is 23.1. The second kappa shape index (κ2) is 45.1. The van der Waals surface area contributed by atoms with Crippen molar-refractivity contribution in [2.45, 2.75) is 270 Å². The number of aliphatic hydroxyl groups excluding tert-OH is 1. The van der Waals surface area contributed by atoms with Crippen LogP contribution in [0.5, 0.6) is 0 Å². The van der Waals surface area contributed by atoms with E-state index >= 15 is 0 Å². The molecule has 1 amide bonds. The minimum absolute atomic E-state index is 0.00471. The summed E-state index contributed by atoms with van der Waals surface area (Å²) in [5.41, 5.74) is 0. The van der Waals surface area contributed by atoms with E-state index in [4.69, 9.17) is 9.05 Å². The van der Waals surface area contributed by atoms with Gasteiger partial charge >= 0.3 is 0 Å². The molecule has 0 aliphatic heterocycles. The van der Waals surface area contributed by atoms with Gasteiger partial charge in [-0.15, -0.1) is 0 Å². The molecule has 62 heavy (non-hydrogen) atoms. The zero-order valence-electron chi connectivity index (χ0n) is 41.8. The molecule has 0 saturated carbocycles. The van der Waals surface area contributed by atoms with Gasteiger partial charge in [0.15, 0.2) is 0 Å². The van der Waals surface area contributed by atoms with Crippen molar-refractivity contribution in [1.82, 2.24) is 5.32 Å². The Kier molecular flexibility index (Phi) is 44.4. The van der Waals surface area contributed by atoms with Crippen molar-refractivity contribution in [3.63, 3.8) is 0 Å². The summed E-state index contributed by atoms with van der Waals surface area (Å²) in [6, 6.07) is -0.897. The molecule has 0 spiro atoms. The molecule has 0 bridgehead atoms. The first-order valence-electron chi connectivity index (χ1n) is 26.7. The van der Waals surface area contributed by atoms with E-state index < -0.39 is 20.0 Å². The van der Waals surface area contributed by atoms with E-state index in [1.807, 2.05) is 27.2 Å². The molecule has 368 valence electrons. The largest absolute Gasteiger partial charge is 0.756 e. The summed E-state index contributed by atoms with van der Waals surface area (Å²) in [6.07, 6.45) is 55.9. The lowest BCUT2D eigenvalue weighted by Gasteiger charge is -2.29. The lowest BCUT2D eigenvalue weighted by Crippen LogP contribution is -2.45. The fraction of sp³-hybridized carbons (Fsp3) is 0.906. The molecule has 9 heteroatoms. The van der Waals surface area contributed by atoms with Crippen LogP contribution in [0.25, 0.3) is 0 Å². The van der Waals surface area contributed by atoms with Crippen molar-refractivity contribution in [2.75, 3.05) is 40.9 Å². The average Bonchev–Trinajstić information content (AvgIpc) is 3.23. The first kappa shape index (κ1) is 61.0. The number of phosphoric ester groups is 1. The quantitative estimate of drug-likeness (QED) is 0.0273. The lowest BCUT2D eigenvalue weighted by molar-refractivity contribution is -0.870. The molecule has 0 fully saturated rings. The maximum absolute atomic E-state index is 12.8. The van der Waals surface area contributed by atoms with Gasteiger partial charge < -0.3 is 28.8 Å². The third-order valence-electron chi connectivity index (χ3n) is 12.2. The van der Waals surface area contributed by atoms with Crippen molar-refractivity contribution >= 4 is 13.7 Å². The number of unbranched alkanes of at least 4 members (excludes halogenated alkanes) is 34. The number of amides is 1. The monoisotopic (exact) mass is 897 g/mol. The molecule has 0 radical (unpaired) electrons. The number of phosphoric acid groups is 1. The summed E-state index contributed by atoms with van der Waals surface area (Å²) in [5.74, 6) is -0.206. The van der Waals surface area contributed by atoms with Crippen LogP contribution in [0.2, 0.25) is 0 Å². The second-order valence-corrected chi connectivity index (χ2v) is 21.0. The SMILES string of the molecule is CCCC/C=C/CC/C=C/C(O)C(COP(=O)([O-])OCC[N+](C)(C)C)NC(=O)CCCCCCCCCCCCCCCCCCCCCCCCCCCCCCCCCC. The molecule has 0 aliphatic carbocycles. The lowest BCUT2D eigenvalue weighted by atomic mass is 10.0. The maximum Gasteiger partial charge on any atom is 0.268 e. The molecule has 0 aromatic rings. The Bertz CT molecular complexity index is 1060. The second-order valence-electron chi connectivity index (χ2n) is 19.6. The van der Waals surface area contributed by atoms with Crippen LogP contribution < -0.4 is 10.2 Å². The van der Waals surface area contributed by atoms with E-state index in [1.165, 1.54) is 199 Å². The standard InChI is InChI=1S/C53H105N2O6P/c1-6-8-10-12-14-16-17-18-19-20-21-22-23-24-25-26-27-28-29-30-31-32-33-34-35-36-37-38-39-41-43-45-47-53(57)54-51(50-61-62(58,59)60-49-48-55(3,4)5)52(56)46-44-42-40-15-13-11-9-7-2/h13,15,44,46,51-52,56H,6-12,14,16-43,45,47-50H2,1-5H3,(H-,54,57,58,59)/b15-13+,46-44+. The van der Waals surface area contributed by atoms with Gasteiger partial charge in [-0.2, -0.15) is 0 Å². The summed E-state index contributed by atoms with van der Waals surface area (Å²) >= 11 is 0. The number of hydrogen-bond acceptors (Lipinski definition) is 6. The Balaban J connectivity index is 3.87. The van der Waals surface area contributed by atoms with Gasteiger partial charge in [0, 0.05) is 6.42 Å². The Labute approximate surface area is 385 Å². The van der Waals surface area contributed by atoms with Gasteiger partial charge in [0.1, 0.15) is 13.2 Å². The number of nitrogens with zero attached hydrogens (tertiary/aromatic N) is 1. The first-order chi connectivity index (χ1) is 30.0. The number of likely N-dealkylation sites (N-methyl/N-ethyl adjacent to an activating group) is 1. The molecule has 3 unspecified atom stereocenters. The van der Waals surface area contributed by atoms with E-state index in [0.29, 0.717) is 17.4 Å². The van der Waals surface area contributed by atoms with Crippen molar-refractivity contribution in [1.29, 1.82) is 0 Å². The summed E-state index contributed by atoms with van der Waals surface area (Å²) in [7, 11) is 1.25. The molecule has 0 aromatic carbocycles. The molecule has 0 rings (SSSR count). The number of rotatable bonds is 49. The number of hydrogen-bond donors (Lipinski definition) is 2. The fourth-order valence-electron chi connectivity index (χ4n) is 7.92. The van der Waals surface area contributed by atoms with Crippen molar-refractivity contribution in [2.24, 2.45) is 0 Å². The zero-order valence-corrected chi connectivity index (χ0v) is 42.7. The van der Waals surface area contributed by atoms with Crippen molar-refractivity contribution in [3.05, 3.63) is 24.3 Å². The van der Waals surface area contributed by atoms with Crippen LogP contribution in [0.15, 0.2) is 24.3 Å². The summed E-state index contributed by atoms with van der Waals surface area (Å²) in [6.45, 7) is 4.57. The summed E-state index contributed by atoms with van der Waals surface area (Å²) in [4.78, 5) is 25.3. The van der Waals surface area contributed by atoms with Crippen LogP contribution in [0.1, 0.15) is 258 Å². The van der Waals surface area contributed by atoms with Crippen LogP contribution in [-0.2, 0) is 18.4 Å². The van der Waals surface area contributed by atoms with Gasteiger partial charge in [-0.3, -0.25) is 9.36 Å². The minimum Gasteiger partial charge on any atom is -0.756 e. The molecule has 0 aromatic heterocycles. The minimum atomic E-state index is -4.59. The molecule has 8 nitrogen and oxygen atoms in total. The van der Waals surface area contributed by atoms with Crippen molar-refractivity contribution in [3.8, 4) is 0 Å². The van der Waals surface area contributed by atoms with Crippen LogP contribution in [0.4, 0.5) is 0 Å². The highest BCUT2D eigenvalue weighted by atomic mass is 31.2. The fourth-order valence-corrected chi connectivity index (χ4v) is 8.64. The van der Waals surface area contributed by atoms with E-state index in [2.05, 4.69) is 31.3 Å².